The molecule has 0 saturated carbocycles. The molecule has 0 radical (unpaired) electrons. The summed E-state index contributed by atoms with van der Waals surface area (Å²) in [5.74, 6) is -9.30. The summed E-state index contributed by atoms with van der Waals surface area (Å²) >= 11 is 0. The van der Waals surface area contributed by atoms with Crippen molar-refractivity contribution in [1.82, 2.24) is 0 Å². The summed E-state index contributed by atoms with van der Waals surface area (Å²) in [5, 5.41) is 0. The minimum atomic E-state index is -2.05. The van der Waals surface area contributed by atoms with Gasteiger partial charge in [-0.15, -0.1) is 0 Å². The lowest BCUT2D eigenvalue weighted by molar-refractivity contribution is -0.392. The largest absolute Gasteiger partial charge is 0.463 e. The molecule has 0 amide bonds. The second-order valence-electron chi connectivity index (χ2n) is 14.5. The van der Waals surface area contributed by atoms with E-state index in [9.17, 15) is 47.9 Å². The van der Waals surface area contributed by atoms with Gasteiger partial charge in [0.05, 0.1) is 0 Å². The van der Waals surface area contributed by atoms with Gasteiger partial charge >= 0.3 is 59.7 Å². The SMILES string of the molecule is CO[C@H]1O[C@H](COC(C)=O)[C@@H](OC(C)=O)[C@H](OC(C)=O)[C@@H]1O[C@H]1O[C@H](COC(C)=O)[C@@H](OC(C)=O)[C@H](OC(C)=O)[C@@H]1O[C@H]1O[C@H](COC(C)=O)[C@@H](OC(C)=O)[C@H](OC(C)=O)[C@@H]1OC(C)=O. The second-order valence-corrected chi connectivity index (χ2v) is 14.5. The van der Waals surface area contributed by atoms with E-state index in [1.165, 1.54) is 0 Å². The molecule has 3 heterocycles. The van der Waals surface area contributed by atoms with Crippen LogP contribution < -0.4 is 0 Å². The molecular formula is C39H54O26. The van der Waals surface area contributed by atoms with Crippen LogP contribution in [0.15, 0.2) is 0 Å². The van der Waals surface area contributed by atoms with Gasteiger partial charge in [-0.3, -0.25) is 47.9 Å². The number of hydrogen-bond acceptors (Lipinski definition) is 26. The molecule has 0 aromatic rings. The minimum Gasteiger partial charge on any atom is -0.463 e. The van der Waals surface area contributed by atoms with Crippen LogP contribution in [0.25, 0.3) is 0 Å². The summed E-state index contributed by atoms with van der Waals surface area (Å²) in [7, 11) is 1.13. The molecule has 3 fully saturated rings. The van der Waals surface area contributed by atoms with Gasteiger partial charge in [0, 0.05) is 76.3 Å². The van der Waals surface area contributed by atoms with Crippen LogP contribution in [0.1, 0.15) is 69.2 Å². The van der Waals surface area contributed by atoms with Crippen molar-refractivity contribution < 1.29 is 124 Å². The Morgan fingerprint density at radius 2 is 0.538 bits per heavy atom. The van der Waals surface area contributed by atoms with E-state index in [1.807, 2.05) is 0 Å². The van der Waals surface area contributed by atoms with Gasteiger partial charge in [0.2, 0.25) is 0 Å². The first-order valence-electron chi connectivity index (χ1n) is 19.8. The third-order valence-electron chi connectivity index (χ3n) is 9.06. The van der Waals surface area contributed by atoms with Crippen LogP contribution in [-0.2, 0) is 124 Å². The Hall–Kier alpha value is -5.54. The van der Waals surface area contributed by atoms with Crippen LogP contribution in [0.2, 0.25) is 0 Å². The topological polar surface area (TPSA) is 318 Å². The van der Waals surface area contributed by atoms with Crippen molar-refractivity contribution in [3.05, 3.63) is 0 Å². The molecular weight excluding hydrogens is 884 g/mol. The Labute approximate surface area is 371 Å². The molecule has 3 aliphatic heterocycles. The van der Waals surface area contributed by atoms with Gasteiger partial charge < -0.3 is 75.8 Å². The fraction of sp³-hybridized carbons (Fsp3) is 0.744. The van der Waals surface area contributed by atoms with Crippen LogP contribution in [0.5, 0.6) is 0 Å². The van der Waals surface area contributed by atoms with Gasteiger partial charge in [0.25, 0.3) is 0 Å². The fourth-order valence-corrected chi connectivity index (χ4v) is 6.94. The number of rotatable bonds is 18. The molecule has 26 heteroatoms. The number of ether oxygens (including phenoxy) is 16. The molecule has 3 saturated heterocycles. The zero-order valence-electron chi connectivity index (χ0n) is 37.4. The lowest BCUT2D eigenvalue weighted by Crippen LogP contribution is -2.69. The molecule has 0 N–H and O–H groups in total. The lowest BCUT2D eigenvalue weighted by atomic mass is 9.95. The van der Waals surface area contributed by atoms with Gasteiger partial charge in [-0.2, -0.15) is 0 Å². The zero-order chi connectivity index (χ0) is 48.9. The molecule has 26 nitrogen and oxygen atoms in total. The number of carbonyl (C=O) groups excluding carboxylic acids is 10. The van der Waals surface area contributed by atoms with Crippen molar-refractivity contribution in [3.8, 4) is 0 Å². The number of methoxy groups -OCH3 is 1. The Kier molecular flexibility index (Phi) is 20.4. The van der Waals surface area contributed by atoms with Gasteiger partial charge in [-0.1, -0.05) is 0 Å². The van der Waals surface area contributed by atoms with Gasteiger partial charge in [0.1, 0.15) is 38.1 Å². The van der Waals surface area contributed by atoms with E-state index < -0.39 is 172 Å². The van der Waals surface area contributed by atoms with E-state index in [1.54, 1.807) is 0 Å². The zero-order valence-corrected chi connectivity index (χ0v) is 37.4. The molecule has 0 unspecified atom stereocenters. The van der Waals surface area contributed by atoms with Crippen molar-refractivity contribution in [2.75, 3.05) is 26.9 Å². The van der Waals surface area contributed by atoms with E-state index in [0.29, 0.717) is 0 Å². The minimum absolute atomic E-state index is 0.560. The number of carbonyl (C=O) groups is 10. The standard InChI is InChI=1S/C39H54O26/c1-15(40)51-12-25-28(54-18(4)43)31(57-21(7)46)34(37(50-11)61-25)64-39-36(33(59-23(9)48)30(56-20(6)45)27(63-39)14-53-17(3)42)65-38-35(60-24(10)49)32(58-22(8)47)29(55-19(5)44)26(62-38)13-52-16(2)41/h25-39H,12-14H2,1-11H3/t25-,26-,27-,28-,29-,30-,31+,32+,33+,34+,35+,36+,37+,38-,39-/m1/s1. The maximum atomic E-state index is 12.9. The third-order valence-corrected chi connectivity index (χ3v) is 9.06. The molecule has 15 atom stereocenters. The first-order valence-corrected chi connectivity index (χ1v) is 19.8. The van der Waals surface area contributed by atoms with Crippen LogP contribution in [0.4, 0.5) is 0 Å². The number of esters is 10. The van der Waals surface area contributed by atoms with Crippen LogP contribution >= 0.6 is 0 Å². The average Bonchev–Trinajstić information content (AvgIpc) is 3.17. The predicted octanol–water partition coefficient (Wildman–Crippen LogP) is -1.21. The van der Waals surface area contributed by atoms with Crippen LogP contribution in [0, 0.1) is 0 Å². The van der Waals surface area contributed by atoms with Gasteiger partial charge in [0.15, 0.2) is 73.8 Å². The van der Waals surface area contributed by atoms with Gasteiger partial charge in [-0.25, -0.2) is 0 Å². The Balaban J connectivity index is 2.36. The molecule has 0 bridgehead atoms. The maximum absolute atomic E-state index is 12.9. The Morgan fingerprint density at radius 1 is 0.308 bits per heavy atom. The Morgan fingerprint density at radius 3 is 0.815 bits per heavy atom. The predicted molar refractivity (Wildman–Crippen MR) is 202 cm³/mol. The van der Waals surface area contributed by atoms with Crippen molar-refractivity contribution in [2.45, 2.75) is 161 Å². The molecule has 366 valence electrons. The van der Waals surface area contributed by atoms with E-state index in [2.05, 4.69) is 0 Å². The summed E-state index contributed by atoms with van der Waals surface area (Å²) in [6.07, 6.45) is -26.3. The smallest absolute Gasteiger partial charge is 0.303 e. The van der Waals surface area contributed by atoms with Crippen molar-refractivity contribution in [3.63, 3.8) is 0 Å². The van der Waals surface area contributed by atoms with Crippen molar-refractivity contribution in [2.24, 2.45) is 0 Å². The van der Waals surface area contributed by atoms with Crippen LogP contribution in [-0.4, -0.2) is 179 Å². The highest BCUT2D eigenvalue weighted by molar-refractivity contribution is 5.70. The van der Waals surface area contributed by atoms with Crippen LogP contribution in [0.3, 0.4) is 0 Å². The van der Waals surface area contributed by atoms with E-state index in [0.717, 1.165) is 76.3 Å². The summed E-state index contributed by atoms with van der Waals surface area (Å²) < 4.78 is 91.2. The maximum Gasteiger partial charge on any atom is 0.303 e. The van der Waals surface area contributed by atoms with Crippen molar-refractivity contribution in [1.29, 1.82) is 0 Å². The summed E-state index contributed by atoms with van der Waals surface area (Å²) in [6.45, 7) is 8.12. The molecule has 0 aromatic heterocycles. The van der Waals surface area contributed by atoms with E-state index in [4.69, 9.17) is 75.8 Å². The van der Waals surface area contributed by atoms with Gasteiger partial charge in [-0.05, 0) is 0 Å². The van der Waals surface area contributed by atoms with Crippen molar-refractivity contribution >= 4 is 59.7 Å². The Bertz CT molecular complexity index is 1750. The highest BCUT2D eigenvalue weighted by Gasteiger charge is 2.60. The molecule has 0 spiro atoms. The summed E-state index contributed by atoms with van der Waals surface area (Å²) in [4.78, 5) is 124. The number of hydrogen-bond donors (Lipinski definition) is 0. The summed E-state index contributed by atoms with van der Waals surface area (Å²) in [5.41, 5.74) is 0. The highest BCUT2D eigenvalue weighted by Crippen LogP contribution is 2.38. The molecule has 65 heavy (non-hydrogen) atoms. The third kappa shape index (κ3) is 16.1. The molecule has 3 rings (SSSR count). The van der Waals surface area contributed by atoms with E-state index in [-0.39, 0.29) is 0 Å². The highest BCUT2D eigenvalue weighted by atomic mass is 16.8. The van der Waals surface area contributed by atoms with E-state index >= 15 is 0 Å². The molecule has 0 aliphatic carbocycles. The first kappa shape index (κ1) is 53.8. The first-order chi connectivity index (χ1) is 30.4. The average molecular weight is 939 g/mol. The monoisotopic (exact) mass is 938 g/mol. The fourth-order valence-electron chi connectivity index (χ4n) is 6.94. The molecule has 0 aromatic carbocycles. The quantitative estimate of drug-likeness (QED) is 0.115. The lowest BCUT2D eigenvalue weighted by Gasteiger charge is -2.50. The normalized spacial score (nSPS) is 32.0. The summed E-state index contributed by atoms with van der Waals surface area (Å²) in [6, 6.07) is 0. The second kappa shape index (κ2) is 24.7. The molecule has 3 aliphatic rings.